The highest BCUT2D eigenvalue weighted by molar-refractivity contribution is 5.92. The molecule has 0 bridgehead atoms. The number of anilines is 1. The number of carbonyl (C=O) groups is 1. The molecule has 5 nitrogen and oxygen atoms in total. The maximum absolute atomic E-state index is 11.6. The molecule has 0 atom stereocenters. The van der Waals surface area contributed by atoms with Crippen LogP contribution in [0.15, 0.2) is 28.7 Å². The minimum absolute atomic E-state index is 0.0204. The van der Waals surface area contributed by atoms with Gasteiger partial charge in [0.25, 0.3) is 0 Å². The summed E-state index contributed by atoms with van der Waals surface area (Å²) in [5.74, 6) is -0.267. The van der Waals surface area contributed by atoms with Gasteiger partial charge < -0.3 is 14.9 Å². The third-order valence-corrected chi connectivity index (χ3v) is 2.73. The van der Waals surface area contributed by atoms with Crippen molar-refractivity contribution >= 4 is 11.9 Å². The van der Waals surface area contributed by atoms with Crippen LogP contribution in [0, 0.1) is 0 Å². The summed E-state index contributed by atoms with van der Waals surface area (Å²) in [6.07, 6.45) is 0.960. The number of carbonyl (C=O) groups excluding carboxylic acids is 1. The Balaban J connectivity index is 2.30. The molecule has 1 aromatic heterocycles. The first-order valence-corrected chi connectivity index (χ1v) is 6.18. The zero-order chi connectivity index (χ0) is 13.8. The zero-order valence-electron chi connectivity index (χ0n) is 11.0. The largest absolute Gasteiger partial charge is 0.461 e. The normalized spacial score (nSPS) is 10.4. The standard InChI is InChI=1S/C14H16N2O3/c1-3-9-5-7-10(8-6-9)13-16-11(12(15)19-13)14(17)18-4-2/h5-8H,3-4,15H2,1-2H3. The van der Waals surface area contributed by atoms with Crippen molar-refractivity contribution in [1.82, 2.24) is 4.98 Å². The number of nitrogens with two attached hydrogens (primary N) is 1. The molecule has 2 rings (SSSR count). The number of aromatic nitrogens is 1. The Morgan fingerprint density at radius 2 is 2.00 bits per heavy atom. The van der Waals surface area contributed by atoms with E-state index in [0.29, 0.717) is 5.89 Å². The molecule has 1 heterocycles. The number of ether oxygens (including phenoxy) is 1. The van der Waals surface area contributed by atoms with Crippen LogP contribution in [-0.4, -0.2) is 17.6 Å². The van der Waals surface area contributed by atoms with E-state index in [-0.39, 0.29) is 18.2 Å². The average molecular weight is 260 g/mol. The zero-order valence-corrected chi connectivity index (χ0v) is 11.0. The van der Waals surface area contributed by atoms with Crippen LogP contribution >= 0.6 is 0 Å². The van der Waals surface area contributed by atoms with Crippen molar-refractivity contribution in [2.75, 3.05) is 12.3 Å². The lowest BCUT2D eigenvalue weighted by atomic mass is 10.1. The highest BCUT2D eigenvalue weighted by atomic mass is 16.5. The van der Waals surface area contributed by atoms with Gasteiger partial charge in [0.05, 0.1) is 6.61 Å². The molecule has 0 aliphatic carbocycles. The van der Waals surface area contributed by atoms with Crippen molar-refractivity contribution in [3.63, 3.8) is 0 Å². The van der Waals surface area contributed by atoms with Crippen LogP contribution in [-0.2, 0) is 11.2 Å². The lowest BCUT2D eigenvalue weighted by Gasteiger charge is -1.98. The summed E-state index contributed by atoms with van der Waals surface area (Å²) in [5, 5.41) is 0. The van der Waals surface area contributed by atoms with E-state index in [1.54, 1.807) is 6.92 Å². The fourth-order valence-corrected chi connectivity index (χ4v) is 1.68. The molecule has 0 unspecified atom stereocenters. The quantitative estimate of drug-likeness (QED) is 0.855. The number of hydrogen-bond donors (Lipinski definition) is 1. The van der Waals surface area contributed by atoms with Crippen molar-refractivity contribution < 1.29 is 13.9 Å². The number of esters is 1. The number of rotatable bonds is 4. The van der Waals surface area contributed by atoms with Gasteiger partial charge >= 0.3 is 5.97 Å². The Labute approximate surface area is 111 Å². The Morgan fingerprint density at radius 3 is 2.58 bits per heavy atom. The summed E-state index contributed by atoms with van der Waals surface area (Å²) in [7, 11) is 0. The van der Waals surface area contributed by atoms with E-state index in [1.165, 1.54) is 5.56 Å². The second-order valence-electron chi connectivity index (χ2n) is 4.00. The highest BCUT2D eigenvalue weighted by Gasteiger charge is 2.19. The predicted octanol–water partition coefficient (Wildman–Crippen LogP) is 2.66. The monoisotopic (exact) mass is 260 g/mol. The second kappa shape index (κ2) is 5.56. The van der Waals surface area contributed by atoms with Crippen molar-refractivity contribution in [2.24, 2.45) is 0 Å². The van der Waals surface area contributed by atoms with Gasteiger partial charge in [0.15, 0.2) is 0 Å². The molecule has 0 spiro atoms. The highest BCUT2D eigenvalue weighted by Crippen LogP contribution is 2.24. The molecule has 2 aromatic rings. The Bertz CT molecular complexity index is 573. The third-order valence-electron chi connectivity index (χ3n) is 2.73. The van der Waals surface area contributed by atoms with Crippen LogP contribution in [0.1, 0.15) is 29.9 Å². The van der Waals surface area contributed by atoms with Gasteiger partial charge in [0.2, 0.25) is 17.5 Å². The van der Waals surface area contributed by atoms with Crippen LogP contribution in [0.4, 0.5) is 5.88 Å². The fourth-order valence-electron chi connectivity index (χ4n) is 1.68. The Hall–Kier alpha value is -2.30. The minimum Gasteiger partial charge on any atom is -0.461 e. The lowest BCUT2D eigenvalue weighted by molar-refractivity contribution is 0.0521. The van der Waals surface area contributed by atoms with Gasteiger partial charge in [-0.15, -0.1) is 0 Å². The fraction of sp³-hybridized carbons (Fsp3) is 0.286. The molecule has 0 fully saturated rings. The Kier molecular flexibility index (Phi) is 3.85. The molecule has 2 N–H and O–H groups in total. The van der Waals surface area contributed by atoms with Crippen LogP contribution < -0.4 is 5.73 Å². The summed E-state index contributed by atoms with van der Waals surface area (Å²) in [4.78, 5) is 15.7. The van der Waals surface area contributed by atoms with E-state index in [1.807, 2.05) is 24.3 Å². The number of nitrogen functional groups attached to an aromatic ring is 1. The molecule has 0 amide bonds. The summed E-state index contributed by atoms with van der Waals surface area (Å²) in [6, 6.07) is 7.75. The molecule has 1 aromatic carbocycles. The van der Waals surface area contributed by atoms with Crippen molar-refractivity contribution in [2.45, 2.75) is 20.3 Å². The molecule has 0 aliphatic heterocycles. The summed E-state index contributed by atoms with van der Waals surface area (Å²) in [5.41, 5.74) is 7.65. The number of oxazole rings is 1. The summed E-state index contributed by atoms with van der Waals surface area (Å²) >= 11 is 0. The van der Waals surface area contributed by atoms with Gasteiger partial charge in [0, 0.05) is 5.56 Å². The molecular formula is C14H16N2O3. The smallest absolute Gasteiger partial charge is 0.362 e. The number of benzene rings is 1. The average Bonchev–Trinajstić information content (AvgIpc) is 2.81. The first kappa shape index (κ1) is 13.1. The van der Waals surface area contributed by atoms with E-state index in [4.69, 9.17) is 14.9 Å². The third kappa shape index (κ3) is 2.76. The molecular weight excluding hydrogens is 244 g/mol. The lowest BCUT2D eigenvalue weighted by Crippen LogP contribution is -2.07. The van der Waals surface area contributed by atoms with E-state index >= 15 is 0 Å². The van der Waals surface area contributed by atoms with Crippen LogP contribution in [0.3, 0.4) is 0 Å². The van der Waals surface area contributed by atoms with Gasteiger partial charge in [-0.2, -0.15) is 4.98 Å². The predicted molar refractivity (Wildman–Crippen MR) is 71.7 cm³/mol. The van der Waals surface area contributed by atoms with E-state index in [0.717, 1.165) is 12.0 Å². The first-order valence-electron chi connectivity index (χ1n) is 6.18. The van der Waals surface area contributed by atoms with E-state index in [2.05, 4.69) is 11.9 Å². The van der Waals surface area contributed by atoms with Gasteiger partial charge in [0.1, 0.15) is 0 Å². The first-order chi connectivity index (χ1) is 9.15. The molecule has 19 heavy (non-hydrogen) atoms. The van der Waals surface area contributed by atoms with Crippen LogP contribution in [0.5, 0.6) is 0 Å². The van der Waals surface area contributed by atoms with Gasteiger partial charge in [-0.25, -0.2) is 4.79 Å². The molecule has 5 heteroatoms. The Morgan fingerprint density at radius 1 is 1.32 bits per heavy atom. The molecule has 0 saturated carbocycles. The minimum atomic E-state index is -0.569. The number of aryl methyl sites for hydroxylation is 1. The number of nitrogens with zero attached hydrogens (tertiary/aromatic N) is 1. The van der Waals surface area contributed by atoms with Gasteiger partial charge in [-0.1, -0.05) is 19.1 Å². The van der Waals surface area contributed by atoms with Crippen molar-refractivity contribution in [1.29, 1.82) is 0 Å². The van der Waals surface area contributed by atoms with Crippen LogP contribution in [0.2, 0.25) is 0 Å². The molecule has 0 saturated heterocycles. The maximum Gasteiger partial charge on any atom is 0.362 e. The van der Waals surface area contributed by atoms with Gasteiger partial charge in [-0.05, 0) is 31.0 Å². The van der Waals surface area contributed by atoms with E-state index in [9.17, 15) is 4.79 Å². The molecule has 100 valence electrons. The second-order valence-corrected chi connectivity index (χ2v) is 4.00. The summed E-state index contributed by atoms with van der Waals surface area (Å²) in [6.45, 7) is 4.07. The van der Waals surface area contributed by atoms with Crippen molar-refractivity contribution in [3.8, 4) is 11.5 Å². The summed E-state index contributed by atoms with van der Waals surface area (Å²) < 4.78 is 10.2. The maximum atomic E-state index is 11.6. The number of hydrogen-bond acceptors (Lipinski definition) is 5. The SMILES string of the molecule is CCOC(=O)c1nc(-c2ccc(CC)cc2)oc1N. The molecule has 0 aliphatic rings. The van der Waals surface area contributed by atoms with Gasteiger partial charge in [-0.3, -0.25) is 0 Å². The van der Waals surface area contributed by atoms with Crippen LogP contribution in [0.25, 0.3) is 11.5 Å². The van der Waals surface area contributed by atoms with E-state index < -0.39 is 5.97 Å². The topological polar surface area (TPSA) is 78.3 Å². The molecule has 0 radical (unpaired) electrons. The van der Waals surface area contributed by atoms with Crippen molar-refractivity contribution in [3.05, 3.63) is 35.5 Å².